The molecule has 0 saturated carbocycles. The van der Waals surface area contributed by atoms with Crippen molar-refractivity contribution in [3.63, 3.8) is 0 Å². The van der Waals surface area contributed by atoms with Gasteiger partial charge < -0.3 is 10.2 Å². The number of carbonyl (C=O) groups excluding carboxylic acids is 1. The van der Waals surface area contributed by atoms with E-state index in [2.05, 4.69) is 11.4 Å². The molecule has 1 heterocycles. The number of rotatable bonds is 4. The molecule has 1 aliphatic heterocycles. The lowest BCUT2D eigenvalue weighted by molar-refractivity contribution is 0.0704. The van der Waals surface area contributed by atoms with Crippen LogP contribution >= 0.6 is 0 Å². The van der Waals surface area contributed by atoms with Gasteiger partial charge in [0.25, 0.3) is 5.91 Å². The molecule has 128 valence electrons. The molecule has 25 heavy (non-hydrogen) atoms. The van der Waals surface area contributed by atoms with E-state index in [1.54, 1.807) is 0 Å². The molecule has 1 amide bonds. The van der Waals surface area contributed by atoms with Crippen molar-refractivity contribution in [1.82, 2.24) is 10.2 Å². The number of amides is 1. The summed E-state index contributed by atoms with van der Waals surface area (Å²) in [7, 11) is 0. The standard InChI is InChI=1S/C21H23N3O/c1-16-2-8-19(9-3-16)21(25)24-12-10-20(11-13-24)23-15-18-6-4-17(14-22)5-7-18/h2-9,20,23H,10-13,15H2,1H3. The van der Waals surface area contributed by atoms with Gasteiger partial charge in [0.2, 0.25) is 0 Å². The maximum absolute atomic E-state index is 12.5. The van der Waals surface area contributed by atoms with Crippen molar-refractivity contribution in [3.05, 3.63) is 70.8 Å². The van der Waals surface area contributed by atoms with E-state index in [0.717, 1.165) is 38.0 Å². The molecule has 0 radical (unpaired) electrons. The Labute approximate surface area is 149 Å². The lowest BCUT2D eigenvalue weighted by atomic mass is 10.0. The zero-order valence-electron chi connectivity index (χ0n) is 14.5. The molecule has 2 aromatic carbocycles. The van der Waals surface area contributed by atoms with Crippen LogP contribution in [0.5, 0.6) is 0 Å². The van der Waals surface area contributed by atoms with Crippen LogP contribution in [0.25, 0.3) is 0 Å². The molecule has 0 unspecified atom stereocenters. The second kappa shape index (κ2) is 7.96. The van der Waals surface area contributed by atoms with Crippen LogP contribution in [0.4, 0.5) is 0 Å². The molecule has 0 aliphatic carbocycles. The summed E-state index contributed by atoms with van der Waals surface area (Å²) < 4.78 is 0. The van der Waals surface area contributed by atoms with Gasteiger partial charge in [-0.1, -0.05) is 29.8 Å². The first-order valence-electron chi connectivity index (χ1n) is 8.74. The van der Waals surface area contributed by atoms with E-state index in [4.69, 9.17) is 5.26 Å². The van der Waals surface area contributed by atoms with Crippen LogP contribution in [-0.4, -0.2) is 29.9 Å². The van der Waals surface area contributed by atoms with E-state index in [-0.39, 0.29) is 5.91 Å². The summed E-state index contributed by atoms with van der Waals surface area (Å²) in [6.45, 7) is 4.40. The molecule has 0 atom stereocenters. The lowest BCUT2D eigenvalue weighted by Gasteiger charge is -2.32. The second-order valence-corrected chi connectivity index (χ2v) is 6.62. The average Bonchev–Trinajstić information content (AvgIpc) is 2.67. The summed E-state index contributed by atoms with van der Waals surface area (Å²) in [5, 5.41) is 12.4. The number of aryl methyl sites for hydroxylation is 1. The number of piperidine rings is 1. The minimum atomic E-state index is 0.130. The summed E-state index contributed by atoms with van der Waals surface area (Å²) in [6, 6.07) is 18.0. The molecule has 1 saturated heterocycles. The summed E-state index contributed by atoms with van der Waals surface area (Å²) >= 11 is 0. The largest absolute Gasteiger partial charge is 0.339 e. The molecular weight excluding hydrogens is 310 g/mol. The van der Waals surface area contributed by atoms with Gasteiger partial charge >= 0.3 is 0 Å². The Morgan fingerprint density at radius 2 is 1.76 bits per heavy atom. The maximum atomic E-state index is 12.5. The molecule has 0 aromatic heterocycles. The van der Waals surface area contributed by atoms with Gasteiger partial charge in [-0.25, -0.2) is 0 Å². The molecule has 4 nitrogen and oxygen atoms in total. The van der Waals surface area contributed by atoms with Crippen LogP contribution in [0, 0.1) is 18.3 Å². The Kier molecular flexibility index (Phi) is 5.47. The highest BCUT2D eigenvalue weighted by atomic mass is 16.2. The molecular formula is C21H23N3O. The topological polar surface area (TPSA) is 56.1 Å². The Bertz CT molecular complexity index is 751. The van der Waals surface area contributed by atoms with Gasteiger partial charge in [0.1, 0.15) is 0 Å². The minimum Gasteiger partial charge on any atom is -0.339 e. The first-order chi connectivity index (χ1) is 12.2. The van der Waals surface area contributed by atoms with E-state index < -0.39 is 0 Å². The van der Waals surface area contributed by atoms with Gasteiger partial charge in [0, 0.05) is 31.2 Å². The Morgan fingerprint density at radius 1 is 1.12 bits per heavy atom. The number of carbonyl (C=O) groups is 1. The van der Waals surface area contributed by atoms with Crippen molar-refractivity contribution in [1.29, 1.82) is 5.26 Å². The molecule has 0 bridgehead atoms. The number of hydrogen-bond acceptors (Lipinski definition) is 3. The third-order valence-electron chi connectivity index (χ3n) is 4.76. The summed E-state index contributed by atoms with van der Waals surface area (Å²) in [5.41, 5.74) is 3.81. The Hall–Kier alpha value is -2.64. The van der Waals surface area contributed by atoms with Crippen molar-refractivity contribution in [2.24, 2.45) is 0 Å². The zero-order valence-corrected chi connectivity index (χ0v) is 14.5. The summed E-state index contributed by atoms with van der Waals surface area (Å²) in [4.78, 5) is 14.5. The normalized spacial score (nSPS) is 15.0. The fraction of sp³-hybridized carbons (Fsp3) is 0.333. The van der Waals surface area contributed by atoms with E-state index in [1.807, 2.05) is 60.4 Å². The number of likely N-dealkylation sites (tertiary alicyclic amines) is 1. The molecule has 0 spiro atoms. The summed E-state index contributed by atoms with van der Waals surface area (Å²) in [6.07, 6.45) is 1.93. The fourth-order valence-corrected chi connectivity index (χ4v) is 3.12. The first-order valence-corrected chi connectivity index (χ1v) is 8.74. The van der Waals surface area contributed by atoms with E-state index in [0.29, 0.717) is 11.6 Å². The number of nitrogens with zero attached hydrogens (tertiary/aromatic N) is 2. The predicted octanol–water partition coefficient (Wildman–Crippen LogP) is 3.26. The Morgan fingerprint density at radius 3 is 2.36 bits per heavy atom. The van der Waals surface area contributed by atoms with Crippen molar-refractivity contribution in [3.8, 4) is 6.07 Å². The smallest absolute Gasteiger partial charge is 0.253 e. The quantitative estimate of drug-likeness (QED) is 0.934. The third kappa shape index (κ3) is 4.46. The van der Waals surface area contributed by atoms with Gasteiger partial charge in [-0.15, -0.1) is 0 Å². The van der Waals surface area contributed by atoms with Gasteiger partial charge in [-0.05, 0) is 49.6 Å². The first kappa shape index (κ1) is 17.2. The number of hydrogen-bond donors (Lipinski definition) is 1. The third-order valence-corrected chi connectivity index (χ3v) is 4.76. The number of nitrogens with one attached hydrogen (secondary N) is 1. The van der Waals surface area contributed by atoms with Crippen LogP contribution in [0.15, 0.2) is 48.5 Å². The van der Waals surface area contributed by atoms with Crippen LogP contribution in [0.2, 0.25) is 0 Å². The van der Waals surface area contributed by atoms with Gasteiger partial charge in [0.15, 0.2) is 0 Å². The molecule has 4 heteroatoms. The van der Waals surface area contributed by atoms with Crippen LogP contribution < -0.4 is 5.32 Å². The van der Waals surface area contributed by atoms with Gasteiger partial charge in [-0.2, -0.15) is 5.26 Å². The highest BCUT2D eigenvalue weighted by Crippen LogP contribution is 2.15. The highest BCUT2D eigenvalue weighted by Gasteiger charge is 2.23. The molecule has 1 N–H and O–H groups in total. The van der Waals surface area contributed by atoms with Gasteiger partial charge in [-0.3, -0.25) is 4.79 Å². The molecule has 2 aromatic rings. The monoisotopic (exact) mass is 333 g/mol. The number of nitriles is 1. The SMILES string of the molecule is Cc1ccc(C(=O)N2CCC(NCc3ccc(C#N)cc3)CC2)cc1. The van der Waals surface area contributed by atoms with Crippen LogP contribution in [0.1, 0.15) is 39.9 Å². The van der Waals surface area contributed by atoms with Crippen molar-refractivity contribution < 1.29 is 4.79 Å². The molecule has 3 rings (SSSR count). The van der Waals surface area contributed by atoms with E-state index >= 15 is 0 Å². The highest BCUT2D eigenvalue weighted by molar-refractivity contribution is 5.94. The number of benzene rings is 2. The van der Waals surface area contributed by atoms with Crippen molar-refractivity contribution >= 4 is 5.91 Å². The minimum absolute atomic E-state index is 0.130. The maximum Gasteiger partial charge on any atom is 0.253 e. The predicted molar refractivity (Wildman–Crippen MR) is 98.1 cm³/mol. The van der Waals surface area contributed by atoms with Crippen LogP contribution in [-0.2, 0) is 6.54 Å². The average molecular weight is 333 g/mol. The van der Waals surface area contributed by atoms with Crippen molar-refractivity contribution in [2.75, 3.05) is 13.1 Å². The van der Waals surface area contributed by atoms with Crippen LogP contribution in [0.3, 0.4) is 0 Å². The van der Waals surface area contributed by atoms with E-state index in [9.17, 15) is 4.79 Å². The van der Waals surface area contributed by atoms with Gasteiger partial charge in [0.05, 0.1) is 11.6 Å². The fourth-order valence-electron chi connectivity index (χ4n) is 3.12. The Balaban J connectivity index is 1.47. The molecule has 1 fully saturated rings. The van der Waals surface area contributed by atoms with E-state index in [1.165, 1.54) is 11.1 Å². The molecule has 1 aliphatic rings. The second-order valence-electron chi connectivity index (χ2n) is 6.62. The lowest BCUT2D eigenvalue weighted by Crippen LogP contribution is -2.44. The zero-order chi connectivity index (χ0) is 17.6. The summed E-state index contributed by atoms with van der Waals surface area (Å²) in [5.74, 6) is 0.130. The van der Waals surface area contributed by atoms with Crippen molar-refractivity contribution in [2.45, 2.75) is 32.4 Å².